The van der Waals surface area contributed by atoms with Crippen molar-refractivity contribution in [1.29, 1.82) is 0 Å². The number of hydrogen-bond acceptors (Lipinski definition) is 2. The van der Waals surface area contributed by atoms with Crippen LogP contribution in [0.5, 0.6) is 0 Å². The molecule has 3 heteroatoms. The average Bonchev–Trinajstić information content (AvgIpc) is 2.33. The van der Waals surface area contributed by atoms with Crippen molar-refractivity contribution >= 4 is 0 Å². The molecule has 1 aromatic heterocycles. The first-order chi connectivity index (χ1) is 8.20. The maximum atomic E-state index is 13.2. The van der Waals surface area contributed by atoms with Gasteiger partial charge in [-0.25, -0.2) is 4.39 Å². The number of aryl methyl sites for hydroxylation is 1. The monoisotopic (exact) mass is 230 g/mol. The van der Waals surface area contributed by atoms with E-state index in [4.69, 9.17) is 0 Å². The molecule has 2 rings (SSSR count). The Morgan fingerprint density at radius 1 is 1.24 bits per heavy atom. The number of nitrogens with one attached hydrogen (secondary N) is 1. The topological polar surface area (TPSA) is 24.9 Å². The molecule has 0 unspecified atom stereocenters. The Balaban J connectivity index is 2.45. The number of nitrogens with zero attached hydrogens (tertiary/aromatic N) is 1. The van der Waals surface area contributed by atoms with E-state index in [0.29, 0.717) is 0 Å². The highest BCUT2D eigenvalue weighted by molar-refractivity contribution is 5.66. The molecular weight excluding hydrogens is 215 g/mol. The fourth-order valence-corrected chi connectivity index (χ4v) is 1.84. The van der Waals surface area contributed by atoms with Gasteiger partial charge in [-0.1, -0.05) is 6.07 Å². The first kappa shape index (κ1) is 11.7. The van der Waals surface area contributed by atoms with E-state index in [9.17, 15) is 4.39 Å². The predicted octanol–water partition coefficient (Wildman–Crippen LogP) is 2.92. The van der Waals surface area contributed by atoms with Crippen LogP contribution < -0.4 is 5.32 Å². The molecule has 17 heavy (non-hydrogen) atoms. The van der Waals surface area contributed by atoms with Crippen LogP contribution in [-0.4, -0.2) is 12.0 Å². The molecule has 0 atom stereocenters. The van der Waals surface area contributed by atoms with Crippen molar-refractivity contribution < 1.29 is 4.39 Å². The molecule has 0 amide bonds. The molecule has 1 N–H and O–H groups in total. The van der Waals surface area contributed by atoms with Gasteiger partial charge in [-0.05, 0) is 48.9 Å². The Morgan fingerprint density at radius 3 is 2.82 bits per heavy atom. The molecule has 2 nitrogen and oxygen atoms in total. The molecule has 0 aliphatic heterocycles. The summed E-state index contributed by atoms with van der Waals surface area (Å²) in [7, 11) is 1.89. The Labute approximate surface area is 101 Å². The van der Waals surface area contributed by atoms with Gasteiger partial charge in [-0.3, -0.25) is 4.98 Å². The fraction of sp³-hybridized carbons (Fsp3) is 0.214. The van der Waals surface area contributed by atoms with Crippen molar-refractivity contribution in [2.45, 2.75) is 13.5 Å². The smallest absolute Gasteiger partial charge is 0.123 e. The molecule has 0 aliphatic rings. The highest BCUT2D eigenvalue weighted by atomic mass is 19.1. The summed E-state index contributed by atoms with van der Waals surface area (Å²) in [5.41, 5.74) is 3.99. The molecule has 0 aliphatic carbocycles. The number of aromatic nitrogens is 1. The molecule has 1 aromatic carbocycles. The fourth-order valence-electron chi connectivity index (χ4n) is 1.84. The normalized spacial score (nSPS) is 10.5. The van der Waals surface area contributed by atoms with Gasteiger partial charge in [0, 0.05) is 24.5 Å². The van der Waals surface area contributed by atoms with Crippen LogP contribution in [-0.2, 0) is 6.54 Å². The summed E-state index contributed by atoms with van der Waals surface area (Å²) in [6.07, 6.45) is 3.58. The molecule has 0 saturated heterocycles. The van der Waals surface area contributed by atoms with Gasteiger partial charge in [-0.2, -0.15) is 0 Å². The van der Waals surface area contributed by atoms with Gasteiger partial charge in [0.15, 0.2) is 0 Å². The summed E-state index contributed by atoms with van der Waals surface area (Å²) in [6.45, 7) is 2.73. The molecule has 88 valence electrons. The van der Waals surface area contributed by atoms with Gasteiger partial charge in [0.05, 0.1) is 0 Å². The second-order valence-corrected chi connectivity index (χ2v) is 4.07. The second-order valence-electron chi connectivity index (χ2n) is 4.07. The zero-order valence-electron chi connectivity index (χ0n) is 10.00. The van der Waals surface area contributed by atoms with Crippen molar-refractivity contribution in [1.82, 2.24) is 10.3 Å². The van der Waals surface area contributed by atoms with E-state index >= 15 is 0 Å². The van der Waals surface area contributed by atoms with Crippen LogP contribution in [0.15, 0.2) is 36.7 Å². The SMILES string of the molecule is CNCc1cncc(-c2cc(F)ccc2C)c1. The lowest BCUT2D eigenvalue weighted by Crippen LogP contribution is -2.05. The number of pyridine rings is 1. The maximum Gasteiger partial charge on any atom is 0.123 e. The van der Waals surface area contributed by atoms with Gasteiger partial charge in [0.25, 0.3) is 0 Å². The Bertz CT molecular complexity index is 523. The minimum Gasteiger partial charge on any atom is -0.316 e. The molecule has 0 fully saturated rings. The van der Waals surface area contributed by atoms with E-state index in [0.717, 1.165) is 28.8 Å². The molecule has 1 heterocycles. The van der Waals surface area contributed by atoms with Crippen LogP contribution in [0.3, 0.4) is 0 Å². The number of rotatable bonds is 3. The predicted molar refractivity (Wildman–Crippen MR) is 67.1 cm³/mol. The number of halogens is 1. The zero-order valence-corrected chi connectivity index (χ0v) is 10.00. The van der Waals surface area contributed by atoms with Crippen molar-refractivity contribution in [2.24, 2.45) is 0 Å². The van der Waals surface area contributed by atoms with Crippen LogP contribution in [0.25, 0.3) is 11.1 Å². The van der Waals surface area contributed by atoms with E-state index in [1.165, 1.54) is 6.07 Å². The molecular formula is C14H15FN2. The third kappa shape index (κ3) is 2.68. The summed E-state index contributed by atoms with van der Waals surface area (Å²) in [5.74, 6) is -0.218. The largest absolute Gasteiger partial charge is 0.316 e. The van der Waals surface area contributed by atoms with E-state index < -0.39 is 0 Å². The minimum atomic E-state index is -0.218. The highest BCUT2D eigenvalue weighted by Crippen LogP contribution is 2.24. The van der Waals surface area contributed by atoms with Gasteiger partial charge >= 0.3 is 0 Å². The maximum absolute atomic E-state index is 13.2. The van der Waals surface area contributed by atoms with Crippen LogP contribution in [0.2, 0.25) is 0 Å². The van der Waals surface area contributed by atoms with E-state index in [1.54, 1.807) is 18.3 Å². The Morgan fingerprint density at radius 2 is 2.06 bits per heavy atom. The standard InChI is InChI=1S/C14H15FN2/c1-10-3-4-13(15)6-14(10)12-5-11(7-16-2)8-17-9-12/h3-6,8-9,16H,7H2,1-2H3. The lowest BCUT2D eigenvalue weighted by Gasteiger charge is -2.07. The second kappa shape index (κ2) is 5.06. The zero-order chi connectivity index (χ0) is 12.3. The van der Waals surface area contributed by atoms with Gasteiger partial charge in [0.2, 0.25) is 0 Å². The average molecular weight is 230 g/mol. The summed E-state index contributed by atoms with van der Waals surface area (Å²) in [5, 5.41) is 3.07. The molecule has 0 spiro atoms. The summed E-state index contributed by atoms with van der Waals surface area (Å²) < 4.78 is 13.2. The minimum absolute atomic E-state index is 0.218. The molecule has 0 bridgehead atoms. The van der Waals surface area contributed by atoms with Crippen molar-refractivity contribution in [2.75, 3.05) is 7.05 Å². The molecule has 0 saturated carbocycles. The van der Waals surface area contributed by atoms with E-state index in [1.807, 2.05) is 26.2 Å². The first-order valence-electron chi connectivity index (χ1n) is 5.56. The summed E-state index contributed by atoms with van der Waals surface area (Å²) in [6, 6.07) is 6.85. The summed E-state index contributed by atoms with van der Waals surface area (Å²) in [4.78, 5) is 4.19. The van der Waals surface area contributed by atoms with Gasteiger partial charge in [0.1, 0.15) is 5.82 Å². The van der Waals surface area contributed by atoms with Crippen LogP contribution >= 0.6 is 0 Å². The highest BCUT2D eigenvalue weighted by Gasteiger charge is 2.04. The third-order valence-electron chi connectivity index (χ3n) is 2.69. The molecule has 2 aromatic rings. The van der Waals surface area contributed by atoms with Crippen LogP contribution in [0.4, 0.5) is 4.39 Å². The Hall–Kier alpha value is -1.74. The van der Waals surface area contributed by atoms with Crippen LogP contribution in [0.1, 0.15) is 11.1 Å². The van der Waals surface area contributed by atoms with Crippen molar-refractivity contribution in [3.63, 3.8) is 0 Å². The van der Waals surface area contributed by atoms with Gasteiger partial charge < -0.3 is 5.32 Å². The quantitative estimate of drug-likeness (QED) is 0.877. The summed E-state index contributed by atoms with van der Waals surface area (Å²) >= 11 is 0. The third-order valence-corrected chi connectivity index (χ3v) is 2.69. The number of benzene rings is 1. The van der Waals surface area contributed by atoms with Gasteiger partial charge in [-0.15, -0.1) is 0 Å². The van der Waals surface area contributed by atoms with E-state index in [-0.39, 0.29) is 5.82 Å². The van der Waals surface area contributed by atoms with Crippen molar-refractivity contribution in [3.05, 3.63) is 53.6 Å². The van der Waals surface area contributed by atoms with E-state index in [2.05, 4.69) is 10.3 Å². The Kier molecular flexibility index (Phi) is 3.49. The van der Waals surface area contributed by atoms with Crippen molar-refractivity contribution in [3.8, 4) is 11.1 Å². The van der Waals surface area contributed by atoms with Crippen LogP contribution in [0, 0.1) is 12.7 Å². The molecule has 0 radical (unpaired) electrons. The number of hydrogen-bond donors (Lipinski definition) is 1. The lowest BCUT2D eigenvalue weighted by atomic mass is 10.0. The first-order valence-corrected chi connectivity index (χ1v) is 5.56. The lowest BCUT2D eigenvalue weighted by molar-refractivity contribution is 0.628.